The monoisotopic (exact) mass is 555 g/mol. The Balaban J connectivity index is 2.50. The van der Waals surface area contributed by atoms with Gasteiger partial charge < -0.3 is 34.9 Å². The second-order valence-corrected chi connectivity index (χ2v) is 11.5. The molecule has 1 aliphatic rings. The number of carbonyl (C=O) groups excluding carboxylic acids is 2. The van der Waals surface area contributed by atoms with Crippen molar-refractivity contribution in [2.75, 3.05) is 13.9 Å². The lowest BCUT2D eigenvalue weighted by Gasteiger charge is -2.38. The molecule has 1 saturated heterocycles. The number of aliphatic hydroxyl groups excluding tert-OH is 2. The number of ether oxygens (including phenoxy) is 4. The first-order valence-electron chi connectivity index (χ1n) is 14.3. The number of amides is 1. The average molecular weight is 556 g/mol. The number of primary amides is 1. The zero-order valence-electron chi connectivity index (χ0n) is 25.1. The number of hydrogen-bond donors (Lipinski definition) is 3. The minimum atomic E-state index is -0.832. The van der Waals surface area contributed by atoms with E-state index in [0.29, 0.717) is 19.3 Å². The summed E-state index contributed by atoms with van der Waals surface area (Å²) in [4.78, 5) is 23.4. The van der Waals surface area contributed by atoms with Crippen molar-refractivity contribution in [2.45, 2.75) is 105 Å². The molecule has 9 heteroatoms. The Bertz CT molecular complexity index is 785. The molecule has 1 aliphatic heterocycles. The van der Waals surface area contributed by atoms with Gasteiger partial charge in [-0.2, -0.15) is 0 Å². The first kappa shape index (κ1) is 35.1. The first-order valence-corrected chi connectivity index (χ1v) is 14.3. The SMILES string of the molecule is COCO[C@H]1[C@@H](C)[C@H](CC/C=C\[C@H](C)[C@H](O)[C@@H](C)/C=C\CC[C@@H](O)[C@H](C)[C@@H](OC(N)=O)C(C)C)OC(=O)[C@@H]1C. The maximum atomic E-state index is 12.3. The topological polar surface area (TPSA) is 138 Å². The number of rotatable bonds is 17. The lowest BCUT2D eigenvalue weighted by molar-refractivity contribution is -0.194. The minimum absolute atomic E-state index is 0.0408. The van der Waals surface area contributed by atoms with Gasteiger partial charge in [0, 0.05) is 30.8 Å². The van der Waals surface area contributed by atoms with Gasteiger partial charge in [-0.1, -0.05) is 65.8 Å². The molecule has 0 radical (unpaired) electrons. The molecule has 0 spiro atoms. The zero-order valence-corrected chi connectivity index (χ0v) is 25.1. The van der Waals surface area contributed by atoms with Gasteiger partial charge in [-0.3, -0.25) is 4.79 Å². The van der Waals surface area contributed by atoms with Gasteiger partial charge in [0.25, 0.3) is 0 Å². The Morgan fingerprint density at radius 3 is 2.18 bits per heavy atom. The molecule has 0 aromatic heterocycles. The molecule has 1 amide bonds. The second-order valence-electron chi connectivity index (χ2n) is 11.5. The molecule has 0 aliphatic carbocycles. The molecule has 0 aromatic rings. The van der Waals surface area contributed by atoms with E-state index in [1.54, 1.807) is 7.11 Å². The van der Waals surface area contributed by atoms with Gasteiger partial charge in [0.05, 0.1) is 24.2 Å². The molecule has 0 saturated carbocycles. The summed E-state index contributed by atoms with van der Waals surface area (Å²) in [6.07, 6.45) is 7.60. The largest absolute Gasteiger partial charge is 0.462 e. The third kappa shape index (κ3) is 11.6. The van der Waals surface area contributed by atoms with Crippen molar-refractivity contribution >= 4 is 12.1 Å². The average Bonchev–Trinajstić information content (AvgIpc) is 2.88. The van der Waals surface area contributed by atoms with Gasteiger partial charge >= 0.3 is 12.1 Å². The van der Waals surface area contributed by atoms with Crippen molar-refractivity contribution in [1.29, 1.82) is 0 Å². The number of esters is 1. The number of aliphatic hydroxyl groups is 2. The summed E-state index contributed by atoms with van der Waals surface area (Å²) in [6, 6.07) is 0. The van der Waals surface area contributed by atoms with E-state index in [2.05, 4.69) is 0 Å². The van der Waals surface area contributed by atoms with Crippen molar-refractivity contribution in [3.05, 3.63) is 24.3 Å². The van der Waals surface area contributed by atoms with Crippen LogP contribution in [0.2, 0.25) is 0 Å². The van der Waals surface area contributed by atoms with E-state index in [0.717, 1.165) is 6.42 Å². The summed E-state index contributed by atoms with van der Waals surface area (Å²) >= 11 is 0. The van der Waals surface area contributed by atoms with Crippen molar-refractivity contribution in [1.82, 2.24) is 0 Å². The van der Waals surface area contributed by atoms with Crippen LogP contribution in [0.1, 0.15) is 74.1 Å². The van der Waals surface area contributed by atoms with Crippen LogP contribution in [0.3, 0.4) is 0 Å². The summed E-state index contributed by atoms with van der Waals surface area (Å²) in [7, 11) is 1.56. The van der Waals surface area contributed by atoms with E-state index in [1.807, 2.05) is 72.8 Å². The molecule has 1 rings (SSSR count). The van der Waals surface area contributed by atoms with Crippen LogP contribution >= 0.6 is 0 Å². The van der Waals surface area contributed by atoms with E-state index in [-0.39, 0.29) is 60.5 Å². The van der Waals surface area contributed by atoms with Gasteiger partial charge in [-0.05, 0) is 38.5 Å². The number of hydrogen-bond acceptors (Lipinski definition) is 8. The van der Waals surface area contributed by atoms with E-state index < -0.39 is 24.4 Å². The van der Waals surface area contributed by atoms with Crippen molar-refractivity contribution in [3.8, 4) is 0 Å². The Hall–Kier alpha value is -1.94. The number of carbonyl (C=O) groups is 2. The normalized spacial score (nSPS) is 26.8. The minimum Gasteiger partial charge on any atom is -0.462 e. The van der Waals surface area contributed by atoms with Gasteiger partial charge in [0.2, 0.25) is 0 Å². The van der Waals surface area contributed by atoms with Gasteiger partial charge in [-0.25, -0.2) is 4.79 Å². The van der Waals surface area contributed by atoms with Gasteiger partial charge in [0.15, 0.2) is 0 Å². The van der Waals surface area contributed by atoms with Crippen LogP contribution in [0.4, 0.5) is 4.79 Å². The molecule has 0 bridgehead atoms. The lowest BCUT2D eigenvalue weighted by atomic mass is 9.84. The molecule has 10 atom stereocenters. The standard InChI is InChI=1S/C30H53NO8/c1-18(2)27(39-30(31)35)21(5)24(32)15-11-9-13-19(3)26(33)20(4)14-10-12-16-25-22(6)28(37-17-36-8)23(7)29(34)38-25/h9-10,13-14,18-28,32-33H,11-12,15-17H2,1-8H3,(H2,31,35)/b13-9-,14-10-/t19-,20-,21-,22-,23+,24+,25-,26+,27-,28-/m0/s1. The Labute approximate surface area is 235 Å². The molecule has 0 aromatic carbocycles. The van der Waals surface area contributed by atoms with E-state index >= 15 is 0 Å². The maximum absolute atomic E-state index is 12.3. The zero-order chi connectivity index (χ0) is 29.7. The molecule has 226 valence electrons. The fourth-order valence-corrected chi connectivity index (χ4v) is 5.25. The van der Waals surface area contributed by atoms with Gasteiger partial charge in [-0.15, -0.1) is 0 Å². The molecule has 4 N–H and O–H groups in total. The third-order valence-electron chi connectivity index (χ3n) is 7.85. The predicted molar refractivity (Wildman–Crippen MR) is 151 cm³/mol. The highest BCUT2D eigenvalue weighted by Gasteiger charge is 2.41. The van der Waals surface area contributed by atoms with Crippen LogP contribution in [0, 0.1) is 35.5 Å². The Morgan fingerprint density at radius 2 is 1.64 bits per heavy atom. The van der Waals surface area contributed by atoms with Crippen LogP contribution in [-0.2, 0) is 23.7 Å². The van der Waals surface area contributed by atoms with Crippen molar-refractivity contribution < 1.29 is 38.7 Å². The summed E-state index contributed by atoms with van der Waals surface area (Å²) in [5.41, 5.74) is 5.17. The van der Waals surface area contributed by atoms with Crippen LogP contribution in [0.25, 0.3) is 0 Å². The maximum Gasteiger partial charge on any atom is 0.404 e. The number of nitrogens with two attached hydrogens (primary N) is 1. The number of cyclic esters (lactones) is 1. The number of allylic oxidation sites excluding steroid dienone is 2. The molecule has 1 fully saturated rings. The van der Waals surface area contributed by atoms with E-state index in [4.69, 9.17) is 24.7 Å². The quantitative estimate of drug-likeness (QED) is 0.135. The predicted octanol–water partition coefficient (Wildman–Crippen LogP) is 4.60. The summed E-state index contributed by atoms with van der Waals surface area (Å²) in [5.74, 6) is -0.842. The van der Waals surface area contributed by atoms with E-state index in [1.165, 1.54) is 0 Å². The smallest absolute Gasteiger partial charge is 0.404 e. The highest BCUT2D eigenvalue weighted by molar-refractivity contribution is 5.73. The van der Waals surface area contributed by atoms with Crippen LogP contribution in [0.15, 0.2) is 24.3 Å². The van der Waals surface area contributed by atoms with Crippen molar-refractivity contribution in [3.63, 3.8) is 0 Å². The van der Waals surface area contributed by atoms with Crippen molar-refractivity contribution in [2.24, 2.45) is 41.2 Å². The molecular weight excluding hydrogens is 502 g/mol. The Kier molecular flexibility index (Phi) is 15.9. The molecule has 9 nitrogen and oxygen atoms in total. The highest BCUT2D eigenvalue weighted by atomic mass is 16.7. The molecule has 1 heterocycles. The summed E-state index contributed by atoms with van der Waals surface area (Å²) in [6.45, 7) is 13.6. The third-order valence-corrected chi connectivity index (χ3v) is 7.85. The van der Waals surface area contributed by atoms with Gasteiger partial charge in [0.1, 0.15) is 19.0 Å². The first-order chi connectivity index (χ1) is 18.3. The molecule has 0 unspecified atom stereocenters. The van der Waals surface area contributed by atoms with Crippen LogP contribution in [0.5, 0.6) is 0 Å². The highest BCUT2D eigenvalue weighted by Crippen LogP contribution is 2.31. The second kappa shape index (κ2) is 17.7. The fraction of sp³-hybridized carbons (Fsp3) is 0.800. The van der Waals surface area contributed by atoms with E-state index in [9.17, 15) is 19.8 Å². The summed E-state index contributed by atoms with van der Waals surface area (Å²) in [5, 5.41) is 21.3. The van der Waals surface area contributed by atoms with Crippen LogP contribution < -0.4 is 5.73 Å². The van der Waals surface area contributed by atoms with Crippen LogP contribution in [-0.4, -0.2) is 66.7 Å². The number of methoxy groups -OCH3 is 1. The fourth-order valence-electron chi connectivity index (χ4n) is 5.25. The summed E-state index contributed by atoms with van der Waals surface area (Å²) < 4.78 is 21.6. The molecular formula is C30H53NO8. The lowest BCUT2D eigenvalue weighted by Crippen LogP contribution is -2.48. The Morgan fingerprint density at radius 1 is 1.05 bits per heavy atom. The molecule has 39 heavy (non-hydrogen) atoms.